The maximum absolute atomic E-state index is 12.3. The van der Waals surface area contributed by atoms with Crippen LogP contribution in [0.1, 0.15) is 22.7 Å². The van der Waals surface area contributed by atoms with Crippen LogP contribution in [0.3, 0.4) is 0 Å². The van der Waals surface area contributed by atoms with Gasteiger partial charge in [-0.2, -0.15) is 0 Å². The van der Waals surface area contributed by atoms with Crippen molar-refractivity contribution in [3.63, 3.8) is 0 Å². The average Bonchev–Trinajstić information content (AvgIpc) is 3.04. The van der Waals surface area contributed by atoms with E-state index in [-0.39, 0.29) is 23.0 Å². The highest BCUT2D eigenvalue weighted by atomic mass is 32.2. The van der Waals surface area contributed by atoms with Gasteiger partial charge in [-0.15, -0.1) is 0 Å². The maximum Gasteiger partial charge on any atom is 0.308 e. The zero-order valence-corrected chi connectivity index (χ0v) is 13.4. The molecule has 0 radical (unpaired) electrons. The summed E-state index contributed by atoms with van der Waals surface area (Å²) in [5, 5.41) is 8.95. The molecule has 1 atom stereocenters. The maximum atomic E-state index is 12.3. The standard InChI is InChI=1S/C13H18N2O6S/c1-8-11(22(19,20)14(2)3)6-10(21-8)12(16)15-5-4-9(7-15)13(17)18/h6,9H,4-5,7H2,1-3H3,(H,17,18). The van der Waals surface area contributed by atoms with Gasteiger partial charge in [-0.25, -0.2) is 12.7 Å². The summed E-state index contributed by atoms with van der Waals surface area (Å²) in [5.74, 6) is -1.99. The van der Waals surface area contributed by atoms with Gasteiger partial charge in [-0.1, -0.05) is 0 Å². The van der Waals surface area contributed by atoms with E-state index in [2.05, 4.69) is 0 Å². The van der Waals surface area contributed by atoms with Crippen molar-refractivity contribution in [1.82, 2.24) is 9.21 Å². The average molecular weight is 330 g/mol. The molecule has 1 aromatic rings. The second kappa shape index (κ2) is 5.73. The summed E-state index contributed by atoms with van der Waals surface area (Å²) in [4.78, 5) is 24.5. The minimum Gasteiger partial charge on any atom is -0.481 e. The summed E-state index contributed by atoms with van der Waals surface area (Å²) in [6, 6.07) is 1.20. The molecule has 9 heteroatoms. The summed E-state index contributed by atoms with van der Waals surface area (Å²) >= 11 is 0. The molecule has 8 nitrogen and oxygen atoms in total. The third kappa shape index (κ3) is 2.86. The van der Waals surface area contributed by atoms with E-state index in [0.717, 1.165) is 4.31 Å². The Balaban J connectivity index is 2.25. The fourth-order valence-electron chi connectivity index (χ4n) is 2.33. The lowest BCUT2D eigenvalue weighted by Gasteiger charge is -2.13. The molecule has 1 amide bonds. The second-order valence-electron chi connectivity index (χ2n) is 5.39. The van der Waals surface area contributed by atoms with E-state index in [0.29, 0.717) is 13.0 Å². The number of aliphatic carboxylic acids is 1. The number of hydrogen-bond donors (Lipinski definition) is 1. The number of carboxylic acids is 1. The number of sulfonamides is 1. The van der Waals surface area contributed by atoms with Crippen LogP contribution in [0.5, 0.6) is 0 Å². The van der Waals surface area contributed by atoms with Crippen LogP contribution < -0.4 is 0 Å². The molecule has 1 aromatic heterocycles. The molecule has 2 heterocycles. The van der Waals surface area contributed by atoms with Crippen molar-refractivity contribution in [3.05, 3.63) is 17.6 Å². The quantitative estimate of drug-likeness (QED) is 0.855. The summed E-state index contributed by atoms with van der Waals surface area (Å²) in [6.07, 6.45) is 0.379. The number of aryl methyl sites for hydroxylation is 1. The van der Waals surface area contributed by atoms with Gasteiger partial charge in [0, 0.05) is 33.3 Å². The zero-order chi connectivity index (χ0) is 16.7. The molecule has 1 unspecified atom stereocenters. The highest BCUT2D eigenvalue weighted by molar-refractivity contribution is 7.89. The number of furan rings is 1. The molecule has 2 rings (SSSR count). The van der Waals surface area contributed by atoms with Crippen molar-refractivity contribution in [2.45, 2.75) is 18.2 Å². The SMILES string of the molecule is Cc1oc(C(=O)N2CCC(C(=O)O)C2)cc1S(=O)(=O)N(C)C. The molecule has 0 aromatic carbocycles. The number of amides is 1. The highest BCUT2D eigenvalue weighted by Crippen LogP contribution is 2.25. The topological polar surface area (TPSA) is 108 Å². The van der Waals surface area contributed by atoms with E-state index in [9.17, 15) is 18.0 Å². The van der Waals surface area contributed by atoms with E-state index in [4.69, 9.17) is 9.52 Å². The monoisotopic (exact) mass is 330 g/mol. The van der Waals surface area contributed by atoms with Gasteiger partial charge in [0.1, 0.15) is 10.7 Å². The molecule has 1 saturated heterocycles. The lowest BCUT2D eigenvalue weighted by Crippen LogP contribution is -2.29. The molecule has 1 aliphatic rings. The fourth-order valence-corrected chi connectivity index (χ4v) is 3.38. The van der Waals surface area contributed by atoms with Crippen molar-refractivity contribution in [1.29, 1.82) is 0 Å². The third-order valence-electron chi connectivity index (χ3n) is 3.67. The van der Waals surface area contributed by atoms with Crippen molar-refractivity contribution in [3.8, 4) is 0 Å². The predicted octanol–water partition coefficient (Wildman–Crippen LogP) is 0.385. The van der Waals surface area contributed by atoms with Crippen molar-refractivity contribution in [2.75, 3.05) is 27.2 Å². The first kappa shape index (κ1) is 16.5. The van der Waals surface area contributed by atoms with Gasteiger partial charge >= 0.3 is 5.97 Å². The molecular weight excluding hydrogens is 312 g/mol. The number of hydrogen-bond acceptors (Lipinski definition) is 5. The lowest BCUT2D eigenvalue weighted by atomic mass is 10.1. The van der Waals surface area contributed by atoms with E-state index in [1.54, 1.807) is 0 Å². The number of carbonyl (C=O) groups excluding carboxylic acids is 1. The highest BCUT2D eigenvalue weighted by Gasteiger charge is 2.34. The van der Waals surface area contributed by atoms with E-state index < -0.39 is 27.8 Å². The second-order valence-corrected chi connectivity index (χ2v) is 7.51. The minimum absolute atomic E-state index is 0.0603. The lowest BCUT2D eigenvalue weighted by molar-refractivity contribution is -0.141. The molecule has 22 heavy (non-hydrogen) atoms. The molecule has 0 spiro atoms. The first-order chi connectivity index (χ1) is 10.1. The Kier molecular flexibility index (Phi) is 4.30. The molecule has 1 aliphatic heterocycles. The van der Waals surface area contributed by atoms with Crippen LogP contribution >= 0.6 is 0 Å². The van der Waals surface area contributed by atoms with Gasteiger partial charge < -0.3 is 14.4 Å². The first-order valence-corrected chi connectivity index (χ1v) is 8.13. The van der Waals surface area contributed by atoms with Crippen LogP contribution in [0.25, 0.3) is 0 Å². The minimum atomic E-state index is -3.69. The van der Waals surface area contributed by atoms with Gasteiger partial charge in [0.25, 0.3) is 5.91 Å². The summed E-state index contributed by atoms with van der Waals surface area (Å²) in [6.45, 7) is 1.88. The van der Waals surface area contributed by atoms with Gasteiger partial charge in [-0.3, -0.25) is 9.59 Å². The van der Waals surface area contributed by atoms with Gasteiger partial charge in [-0.05, 0) is 13.3 Å². The Labute approximate surface area is 128 Å². The van der Waals surface area contributed by atoms with Crippen molar-refractivity contribution in [2.24, 2.45) is 5.92 Å². The van der Waals surface area contributed by atoms with Crippen LogP contribution in [-0.4, -0.2) is 61.8 Å². The van der Waals surface area contributed by atoms with Gasteiger partial charge in [0.05, 0.1) is 5.92 Å². The predicted molar refractivity (Wildman–Crippen MR) is 76.0 cm³/mol. The van der Waals surface area contributed by atoms with Crippen LogP contribution in [0.15, 0.2) is 15.4 Å². The van der Waals surface area contributed by atoms with E-state index in [1.165, 1.54) is 32.0 Å². The Bertz CT molecular complexity index is 706. The molecular formula is C13H18N2O6S. The van der Waals surface area contributed by atoms with Gasteiger partial charge in [0.2, 0.25) is 10.0 Å². The Morgan fingerprint density at radius 2 is 2.05 bits per heavy atom. The van der Waals surface area contributed by atoms with E-state index in [1.807, 2.05) is 0 Å². The molecule has 0 aliphatic carbocycles. The molecule has 0 saturated carbocycles. The fraction of sp³-hybridized carbons (Fsp3) is 0.538. The molecule has 122 valence electrons. The Morgan fingerprint density at radius 3 is 2.55 bits per heavy atom. The van der Waals surface area contributed by atoms with Crippen molar-refractivity contribution < 1.29 is 27.5 Å². The van der Waals surface area contributed by atoms with Crippen molar-refractivity contribution >= 4 is 21.9 Å². The molecule has 1 fully saturated rings. The number of nitrogens with zero attached hydrogens (tertiary/aromatic N) is 2. The summed E-state index contributed by atoms with van der Waals surface area (Å²) in [7, 11) is -0.913. The van der Waals surface area contributed by atoms with Crippen LogP contribution in [0.2, 0.25) is 0 Å². The summed E-state index contributed by atoms with van der Waals surface area (Å²) < 4.78 is 30.5. The van der Waals surface area contributed by atoms with Gasteiger partial charge in [0.15, 0.2) is 5.76 Å². The Morgan fingerprint density at radius 1 is 1.41 bits per heavy atom. The number of carbonyl (C=O) groups is 2. The zero-order valence-electron chi connectivity index (χ0n) is 12.6. The smallest absolute Gasteiger partial charge is 0.308 e. The third-order valence-corrected chi connectivity index (χ3v) is 5.59. The Hall–Kier alpha value is -1.87. The number of rotatable bonds is 4. The normalized spacial score (nSPS) is 18.9. The van der Waals surface area contributed by atoms with Crippen LogP contribution in [0, 0.1) is 12.8 Å². The first-order valence-electron chi connectivity index (χ1n) is 6.69. The largest absolute Gasteiger partial charge is 0.481 e. The molecule has 1 N–H and O–H groups in total. The van der Waals surface area contributed by atoms with Crippen LogP contribution in [0.4, 0.5) is 0 Å². The van der Waals surface area contributed by atoms with Crippen LogP contribution in [-0.2, 0) is 14.8 Å². The summed E-state index contributed by atoms with van der Waals surface area (Å²) in [5.41, 5.74) is 0. The number of likely N-dealkylation sites (tertiary alicyclic amines) is 1. The van der Waals surface area contributed by atoms with E-state index >= 15 is 0 Å². The molecule has 0 bridgehead atoms. The number of carboxylic acid groups (broad SMARTS) is 1.